The lowest BCUT2D eigenvalue weighted by molar-refractivity contribution is 0.0153. The molecule has 0 saturated carbocycles. The van der Waals surface area contributed by atoms with E-state index in [1.807, 2.05) is 53.8 Å². The van der Waals surface area contributed by atoms with E-state index in [0.717, 1.165) is 49.6 Å². The van der Waals surface area contributed by atoms with Gasteiger partial charge in [0.25, 0.3) is 0 Å². The zero-order chi connectivity index (χ0) is 21.6. The van der Waals surface area contributed by atoms with Crippen LogP contribution in [0.25, 0.3) is 0 Å². The van der Waals surface area contributed by atoms with Crippen molar-refractivity contribution in [3.63, 3.8) is 0 Å². The van der Waals surface area contributed by atoms with Crippen molar-refractivity contribution in [2.75, 3.05) is 38.5 Å². The monoisotopic (exact) mass is 405 g/mol. The smallest absolute Gasteiger partial charge is 0.410 e. The molecule has 2 heterocycles. The maximum Gasteiger partial charge on any atom is 0.410 e. The summed E-state index contributed by atoms with van der Waals surface area (Å²) in [6, 6.07) is 3.67. The Morgan fingerprint density at radius 3 is 2.34 bits per heavy atom. The zero-order valence-corrected chi connectivity index (χ0v) is 18.5. The molecular weight excluding hydrogens is 370 g/mol. The van der Waals surface area contributed by atoms with E-state index >= 15 is 0 Å². The van der Waals surface area contributed by atoms with E-state index in [9.17, 15) is 9.59 Å². The largest absolute Gasteiger partial charge is 0.444 e. The van der Waals surface area contributed by atoms with Crippen molar-refractivity contribution in [3.8, 4) is 0 Å². The number of amides is 3. The van der Waals surface area contributed by atoms with Crippen molar-refractivity contribution >= 4 is 17.8 Å². The summed E-state index contributed by atoms with van der Waals surface area (Å²) in [5.41, 5.74) is 2.02. The van der Waals surface area contributed by atoms with E-state index in [4.69, 9.17) is 4.74 Å². The number of piperidine rings is 1. The molecule has 1 aliphatic rings. The molecule has 0 aliphatic carbocycles. The second kappa shape index (κ2) is 9.91. The number of aryl methyl sites for hydroxylation is 2. The van der Waals surface area contributed by atoms with Gasteiger partial charge in [0.05, 0.1) is 0 Å². The average Bonchev–Trinajstić information content (AvgIpc) is 2.59. The third-order valence-corrected chi connectivity index (χ3v) is 4.84. The van der Waals surface area contributed by atoms with Crippen LogP contribution in [0.15, 0.2) is 12.1 Å². The number of nitrogens with one attached hydrogen (secondary N) is 2. The SMILES string of the molecule is Cc1cc(NC(=O)NCCN2CCC(N(C)C(=O)OC(C)(C)C)CC2)cc(C)n1. The summed E-state index contributed by atoms with van der Waals surface area (Å²) in [6.07, 6.45) is 1.53. The van der Waals surface area contributed by atoms with Gasteiger partial charge < -0.3 is 25.2 Å². The van der Waals surface area contributed by atoms with Crippen molar-refractivity contribution in [1.29, 1.82) is 0 Å². The van der Waals surface area contributed by atoms with Gasteiger partial charge in [0.15, 0.2) is 0 Å². The quantitative estimate of drug-likeness (QED) is 0.786. The summed E-state index contributed by atoms with van der Waals surface area (Å²) in [6.45, 7) is 12.6. The van der Waals surface area contributed by atoms with Gasteiger partial charge in [0.2, 0.25) is 0 Å². The minimum Gasteiger partial charge on any atom is -0.444 e. The second-order valence-electron chi connectivity index (χ2n) is 8.68. The molecule has 1 saturated heterocycles. The minimum atomic E-state index is -0.480. The number of anilines is 1. The van der Waals surface area contributed by atoms with Gasteiger partial charge in [0.1, 0.15) is 5.60 Å². The Labute approximate surface area is 174 Å². The number of hydrogen-bond acceptors (Lipinski definition) is 5. The molecule has 1 aromatic rings. The van der Waals surface area contributed by atoms with Crippen LogP contribution in [0.3, 0.4) is 0 Å². The Hall–Kier alpha value is -2.35. The number of aromatic nitrogens is 1. The molecule has 2 rings (SSSR count). The molecule has 0 spiro atoms. The molecule has 0 radical (unpaired) electrons. The standard InChI is InChI=1S/C21H35N5O3/c1-15-13-17(14-16(2)23-15)24-19(27)22-9-12-26-10-7-18(8-11-26)25(6)20(28)29-21(3,4)5/h13-14,18H,7-12H2,1-6H3,(H2,22,23,24,27). The lowest BCUT2D eigenvalue weighted by Crippen LogP contribution is -2.48. The first-order chi connectivity index (χ1) is 13.5. The fourth-order valence-electron chi connectivity index (χ4n) is 3.42. The number of pyridine rings is 1. The number of nitrogens with zero attached hydrogens (tertiary/aromatic N) is 3. The third kappa shape index (κ3) is 7.89. The van der Waals surface area contributed by atoms with Gasteiger partial charge >= 0.3 is 12.1 Å². The Balaban J connectivity index is 1.68. The normalized spacial score (nSPS) is 15.7. The van der Waals surface area contributed by atoms with Crippen molar-refractivity contribution in [3.05, 3.63) is 23.5 Å². The molecule has 2 N–H and O–H groups in total. The highest BCUT2D eigenvalue weighted by atomic mass is 16.6. The first kappa shape index (κ1) is 22.9. The zero-order valence-electron chi connectivity index (χ0n) is 18.5. The van der Waals surface area contributed by atoms with E-state index in [1.54, 1.807) is 4.90 Å². The number of carbonyl (C=O) groups is 2. The van der Waals surface area contributed by atoms with Crippen LogP contribution >= 0.6 is 0 Å². The fraction of sp³-hybridized carbons (Fsp3) is 0.667. The molecule has 8 nitrogen and oxygen atoms in total. The second-order valence-corrected chi connectivity index (χ2v) is 8.68. The van der Waals surface area contributed by atoms with Crippen molar-refractivity contribution in [2.45, 2.75) is 59.1 Å². The van der Waals surface area contributed by atoms with E-state index in [2.05, 4.69) is 20.5 Å². The molecule has 1 aliphatic heterocycles. The first-order valence-corrected chi connectivity index (χ1v) is 10.2. The van der Waals surface area contributed by atoms with Gasteiger partial charge in [-0.25, -0.2) is 9.59 Å². The molecule has 162 valence electrons. The number of urea groups is 1. The average molecular weight is 406 g/mol. The van der Waals surface area contributed by atoms with Crippen LogP contribution in [0.1, 0.15) is 45.0 Å². The maximum absolute atomic E-state index is 12.2. The number of likely N-dealkylation sites (tertiary alicyclic amines) is 1. The molecule has 0 aromatic carbocycles. The Morgan fingerprint density at radius 2 is 1.79 bits per heavy atom. The van der Waals surface area contributed by atoms with Crippen LogP contribution in [-0.2, 0) is 4.74 Å². The summed E-state index contributed by atoms with van der Waals surface area (Å²) >= 11 is 0. The lowest BCUT2D eigenvalue weighted by atomic mass is 10.0. The molecule has 8 heteroatoms. The third-order valence-electron chi connectivity index (χ3n) is 4.84. The predicted molar refractivity (Wildman–Crippen MR) is 114 cm³/mol. The number of carbonyl (C=O) groups excluding carboxylic acids is 2. The van der Waals surface area contributed by atoms with E-state index < -0.39 is 5.60 Å². The van der Waals surface area contributed by atoms with Gasteiger partial charge in [-0.2, -0.15) is 0 Å². The topological polar surface area (TPSA) is 86.8 Å². The van der Waals surface area contributed by atoms with Crippen molar-refractivity contribution in [2.24, 2.45) is 0 Å². The van der Waals surface area contributed by atoms with Crippen LogP contribution in [0.4, 0.5) is 15.3 Å². The Kier molecular flexibility index (Phi) is 7.84. The van der Waals surface area contributed by atoms with Crippen LogP contribution in [0, 0.1) is 13.8 Å². The van der Waals surface area contributed by atoms with Gasteiger partial charge in [-0.15, -0.1) is 0 Å². The highest BCUT2D eigenvalue weighted by Crippen LogP contribution is 2.18. The summed E-state index contributed by atoms with van der Waals surface area (Å²) in [5, 5.41) is 5.75. The molecular formula is C21H35N5O3. The van der Waals surface area contributed by atoms with Crippen molar-refractivity contribution < 1.29 is 14.3 Å². The van der Waals surface area contributed by atoms with E-state index in [0.29, 0.717) is 6.54 Å². The summed E-state index contributed by atoms with van der Waals surface area (Å²) in [4.78, 5) is 32.6. The molecule has 1 aromatic heterocycles. The van der Waals surface area contributed by atoms with Gasteiger partial charge in [-0.1, -0.05) is 0 Å². The van der Waals surface area contributed by atoms with Gasteiger partial charge in [-0.3, -0.25) is 4.98 Å². The van der Waals surface area contributed by atoms with Gasteiger partial charge in [0, 0.05) is 56.3 Å². The van der Waals surface area contributed by atoms with Gasteiger partial charge in [-0.05, 0) is 59.6 Å². The molecule has 0 bridgehead atoms. The Morgan fingerprint density at radius 1 is 1.21 bits per heavy atom. The highest BCUT2D eigenvalue weighted by Gasteiger charge is 2.28. The van der Waals surface area contributed by atoms with Crippen LogP contribution < -0.4 is 10.6 Å². The summed E-state index contributed by atoms with van der Waals surface area (Å²) in [7, 11) is 1.81. The predicted octanol–water partition coefficient (Wildman–Crippen LogP) is 3.15. The van der Waals surface area contributed by atoms with Crippen LogP contribution in [0.2, 0.25) is 0 Å². The molecule has 3 amide bonds. The fourth-order valence-corrected chi connectivity index (χ4v) is 3.42. The molecule has 0 atom stereocenters. The van der Waals surface area contributed by atoms with Crippen molar-refractivity contribution in [1.82, 2.24) is 20.1 Å². The number of hydrogen-bond donors (Lipinski definition) is 2. The Bertz CT molecular complexity index is 689. The highest BCUT2D eigenvalue weighted by molar-refractivity contribution is 5.89. The summed E-state index contributed by atoms with van der Waals surface area (Å²) < 4.78 is 5.45. The summed E-state index contributed by atoms with van der Waals surface area (Å²) in [5.74, 6) is 0. The lowest BCUT2D eigenvalue weighted by Gasteiger charge is -2.37. The van der Waals surface area contributed by atoms with E-state index in [-0.39, 0.29) is 18.2 Å². The van der Waals surface area contributed by atoms with Crippen LogP contribution in [-0.4, -0.2) is 71.8 Å². The number of ether oxygens (including phenoxy) is 1. The number of rotatable bonds is 5. The molecule has 0 unspecified atom stereocenters. The molecule has 29 heavy (non-hydrogen) atoms. The van der Waals surface area contributed by atoms with Crippen LogP contribution in [0.5, 0.6) is 0 Å². The minimum absolute atomic E-state index is 0.190. The van der Waals surface area contributed by atoms with E-state index in [1.165, 1.54) is 0 Å². The maximum atomic E-state index is 12.2. The molecule has 1 fully saturated rings. The first-order valence-electron chi connectivity index (χ1n) is 10.2.